The molecule has 0 aliphatic rings. The Labute approximate surface area is 267 Å². The molecule has 0 aliphatic carbocycles. The van der Waals surface area contributed by atoms with E-state index >= 15 is 0 Å². The normalized spacial score (nSPS) is 11.4. The highest BCUT2D eigenvalue weighted by Gasteiger charge is 2.12. The number of benzene rings is 7. The molecule has 1 heterocycles. The van der Waals surface area contributed by atoms with E-state index in [1.54, 1.807) is 23.5 Å². The lowest BCUT2D eigenvalue weighted by molar-refractivity contribution is 0.448. The van der Waals surface area contributed by atoms with Gasteiger partial charge in [-0.1, -0.05) is 109 Å². The molecule has 0 atom stereocenters. The molecule has 8 aromatic rings. The first-order valence-corrected chi connectivity index (χ1v) is 15.7. The number of para-hydroxylation sites is 1. The molecular weight excluding hydrogens is 596 g/mol. The molecule has 46 heavy (non-hydrogen) atoms. The van der Waals surface area contributed by atoms with Crippen LogP contribution in [0.25, 0.3) is 76.1 Å². The van der Waals surface area contributed by atoms with Crippen LogP contribution in [0.1, 0.15) is 0 Å². The maximum Gasteiger partial charge on any atom is 0.194 e. The summed E-state index contributed by atoms with van der Waals surface area (Å²) in [6.07, 6.45) is 0. The SMILES string of the molecule is Fc1cc(-c2ccc(-c3ccc(-c4ccc5cc(-c6ccc(-c7nc8ccccc8s7)cc6)ccc5c4)cc3)cc2)cc(F)c1F. The van der Waals surface area contributed by atoms with Gasteiger partial charge in [-0.15, -0.1) is 11.3 Å². The molecule has 0 amide bonds. The fourth-order valence-corrected chi connectivity index (χ4v) is 6.81. The summed E-state index contributed by atoms with van der Waals surface area (Å²) in [6, 6.07) is 47.6. The van der Waals surface area contributed by atoms with E-state index in [0.29, 0.717) is 11.1 Å². The fourth-order valence-electron chi connectivity index (χ4n) is 5.84. The van der Waals surface area contributed by atoms with Gasteiger partial charge < -0.3 is 0 Å². The van der Waals surface area contributed by atoms with E-state index in [1.807, 2.05) is 24.3 Å². The highest BCUT2D eigenvalue weighted by atomic mass is 32.1. The smallest absolute Gasteiger partial charge is 0.194 e. The molecule has 0 unspecified atom stereocenters. The monoisotopic (exact) mass is 619 g/mol. The minimum atomic E-state index is -1.46. The van der Waals surface area contributed by atoms with Crippen molar-refractivity contribution in [3.8, 4) is 55.1 Å². The molecule has 1 nitrogen and oxygen atoms in total. The number of fused-ring (bicyclic) bond motifs is 2. The maximum atomic E-state index is 13.7. The predicted molar refractivity (Wildman–Crippen MR) is 184 cm³/mol. The predicted octanol–water partition coefficient (Wildman–Crippen LogP) is 12.2. The average Bonchev–Trinajstić information content (AvgIpc) is 3.55. The highest BCUT2D eigenvalue weighted by Crippen LogP contribution is 2.34. The summed E-state index contributed by atoms with van der Waals surface area (Å²) in [4.78, 5) is 4.79. The van der Waals surface area contributed by atoms with Crippen molar-refractivity contribution in [2.45, 2.75) is 0 Å². The molecular formula is C41H24F3NS. The van der Waals surface area contributed by atoms with E-state index in [-0.39, 0.29) is 0 Å². The lowest BCUT2D eigenvalue weighted by Crippen LogP contribution is -1.91. The first-order chi connectivity index (χ1) is 22.5. The van der Waals surface area contributed by atoms with Gasteiger partial charge in [0.15, 0.2) is 17.5 Å². The molecule has 0 aliphatic heterocycles. The van der Waals surface area contributed by atoms with Gasteiger partial charge in [0.2, 0.25) is 0 Å². The second-order valence-electron chi connectivity index (χ2n) is 11.2. The average molecular weight is 620 g/mol. The summed E-state index contributed by atoms with van der Waals surface area (Å²) in [5, 5.41) is 3.37. The van der Waals surface area contributed by atoms with Crippen molar-refractivity contribution in [1.82, 2.24) is 4.98 Å². The van der Waals surface area contributed by atoms with Crippen LogP contribution in [0.15, 0.2) is 146 Å². The topological polar surface area (TPSA) is 12.9 Å². The third kappa shape index (κ3) is 5.25. The molecule has 1 aromatic heterocycles. The van der Waals surface area contributed by atoms with Gasteiger partial charge in [0, 0.05) is 5.56 Å². The Bertz CT molecular complexity index is 2320. The van der Waals surface area contributed by atoms with Crippen LogP contribution in [0.3, 0.4) is 0 Å². The zero-order chi connectivity index (χ0) is 31.2. The molecule has 0 radical (unpaired) electrons. The van der Waals surface area contributed by atoms with Crippen molar-refractivity contribution in [3.05, 3.63) is 163 Å². The van der Waals surface area contributed by atoms with Crippen LogP contribution in [-0.2, 0) is 0 Å². The van der Waals surface area contributed by atoms with Gasteiger partial charge in [-0.2, -0.15) is 0 Å². The number of halogens is 3. The van der Waals surface area contributed by atoms with Crippen molar-refractivity contribution in [1.29, 1.82) is 0 Å². The Morgan fingerprint density at radius 3 is 1.30 bits per heavy atom. The molecule has 0 spiro atoms. The van der Waals surface area contributed by atoms with E-state index in [4.69, 9.17) is 4.98 Å². The first kappa shape index (κ1) is 28.0. The van der Waals surface area contributed by atoms with Gasteiger partial charge in [0.25, 0.3) is 0 Å². The number of thiazole rings is 1. The van der Waals surface area contributed by atoms with Gasteiger partial charge in [0.1, 0.15) is 5.01 Å². The van der Waals surface area contributed by atoms with Crippen LogP contribution in [0.2, 0.25) is 0 Å². The molecule has 0 saturated carbocycles. The van der Waals surface area contributed by atoms with Crippen molar-refractivity contribution in [2.75, 3.05) is 0 Å². The van der Waals surface area contributed by atoms with E-state index < -0.39 is 17.5 Å². The molecule has 8 rings (SSSR count). The molecule has 0 saturated heterocycles. The Balaban J connectivity index is 0.998. The van der Waals surface area contributed by atoms with E-state index in [0.717, 1.165) is 56.0 Å². The first-order valence-electron chi connectivity index (χ1n) is 14.8. The zero-order valence-electron chi connectivity index (χ0n) is 24.3. The largest absolute Gasteiger partial charge is 0.236 e. The Morgan fingerprint density at radius 2 is 0.804 bits per heavy atom. The summed E-state index contributed by atoms with van der Waals surface area (Å²) >= 11 is 1.71. The molecule has 5 heteroatoms. The minimum absolute atomic E-state index is 0.292. The number of rotatable bonds is 5. The lowest BCUT2D eigenvalue weighted by Gasteiger charge is -2.09. The van der Waals surface area contributed by atoms with Crippen molar-refractivity contribution >= 4 is 32.3 Å². The quantitative estimate of drug-likeness (QED) is 0.175. The molecule has 0 bridgehead atoms. The van der Waals surface area contributed by atoms with Crippen molar-refractivity contribution in [3.63, 3.8) is 0 Å². The Hall–Kier alpha value is -5.52. The number of nitrogens with zero attached hydrogens (tertiary/aromatic N) is 1. The van der Waals surface area contributed by atoms with Crippen LogP contribution in [0.5, 0.6) is 0 Å². The van der Waals surface area contributed by atoms with Crippen molar-refractivity contribution < 1.29 is 13.2 Å². The number of hydrogen-bond acceptors (Lipinski definition) is 2. The summed E-state index contributed by atoms with van der Waals surface area (Å²) in [7, 11) is 0. The Kier molecular flexibility index (Phi) is 6.96. The van der Waals surface area contributed by atoms with Crippen molar-refractivity contribution in [2.24, 2.45) is 0 Å². The fraction of sp³-hybridized carbons (Fsp3) is 0. The third-order valence-corrected chi connectivity index (χ3v) is 9.44. The molecule has 0 N–H and O–H groups in total. The maximum absolute atomic E-state index is 13.7. The van der Waals surface area contributed by atoms with Crippen LogP contribution in [0.4, 0.5) is 13.2 Å². The molecule has 0 fully saturated rings. The Morgan fingerprint density at radius 1 is 0.391 bits per heavy atom. The zero-order valence-corrected chi connectivity index (χ0v) is 25.2. The molecule has 7 aromatic carbocycles. The van der Waals surface area contributed by atoms with Gasteiger partial charge in [0.05, 0.1) is 10.2 Å². The van der Waals surface area contributed by atoms with Crippen LogP contribution >= 0.6 is 11.3 Å². The van der Waals surface area contributed by atoms with Gasteiger partial charge in [-0.05, 0) is 91.7 Å². The van der Waals surface area contributed by atoms with Gasteiger partial charge in [-0.25, -0.2) is 18.2 Å². The summed E-state index contributed by atoms with van der Waals surface area (Å²) in [5.41, 5.74) is 9.61. The van der Waals surface area contributed by atoms with E-state index in [9.17, 15) is 13.2 Å². The van der Waals surface area contributed by atoms with Gasteiger partial charge in [-0.3, -0.25) is 0 Å². The van der Waals surface area contributed by atoms with Crippen LogP contribution in [-0.4, -0.2) is 4.98 Å². The third-order valence-electron chi connectivity index (χ3n) is 8.35. The number of hydrogen-bond donors (Lipinski definition) is 0. The minimum Gasteiger partial charge on any atom is -0.236 e. The van der Waals surface area contributed by atoms with Crippen LogP contribution in [0, 0.1) is 17.5 Å². The summed E-state index contributed by atoms with van der Waals surface area (Å²) in [6.45, 7) is 0. The molecule has 220 valence electrons. The standard InChI is InChI=1S/C41H24F3NS/c42-36-23-35(24-37(43)40(36)44)29-11-7-26(8-12-29)25-5-9-27(10-6-25)31-17-19-34-22-32(18-20-33(34)21-31)28-13-15-30(16-14-28)41-45-38-3-1-2-4-39(38)46-41/h1-24H. The second kappa shape index (κ2) is 11.4. The van der Waals surface area contributed by atoms with E-state index in [2.05, 4.69) is 97.1 Å². The highest BCUT2D eigenvalue weighted by molar-refractivity contribution is 7.21. The summed E-state index contributed by atoms with van der Waals surface area (Å²) < 4.78 is 41.9. The second-order valence-corrected chi connectivity index (χ2v) is 12.3. The number of aromatic nitrogens is 1. The van der Waals surface area contributed by atoms with Gasteiger partial charge >= 0.3 is 0 Å². The summed E-state index contributed by atoms with van der Waals surface area (Å²) in [5.74, 6) is -3.86. The van der Waals surface area contributed by atoms with E-state index in [1.165, 1.54) is 21.0 Å². The van der Waals surface area contributed by atoms with Crippen LogP contribution < -0.4 is 0 Å². The lowest BCUT2D eigenvalue weighted by atomic mass is 9.95.